The number of hydrogen-bond donors (Lipinski definition) is 1. The molecule has 0 heterocycles. The average molecular weight is 314 g/mol. The summed E-state index contributed by atoms with van der Waals surface area (Å²) in [6.07, 6.45) is -0.948. The number of alkyl halides is 1. The Kier molecular flexibility index (Phi) is 4.28. The maximum absolute atomic E-state index is 14.4. The number of likely N-dealkylation sites (N-methyl/N-ethyl adjacent to an activating group) is 1. The van der Waals surface area contributed by atoms with Gasteiger partial charge in [-0.25, -0.2) is 13.2 Å². The zero-order valence-electron chi connectivity index (χ0n) is 12.5. The largest absolute Gasteiger partial charge is 0.322 e. The summed E-state index contributed by atoms with van der Waals surface area (Å²) < 4.78 is 42.4. The van der Waals surface area contributed by atoms with Gasteiger partial charge in [0.15, 0.2) is 17.8 Å². The molecule has 0 radical (unpaired) electrons. The van der Waals surface area contributed by atoms with E-state index in [9.17, 15) is 22.8 Å². The van der Waals surface area contributed by atoms with Crippen molar-refractivity contribution in [2.45, 2.75) is 31.5 Å². The van der Waals surface area contributed by atoms with Crippen LogP contribution in [-0.2, 0) is 22.4 Å². The number of halogens is 3. The Morgan fingerprint density at radius 3 is 2.50 bits per heavy atom. The van der Waals surface area contributed by atoms with Gasteiger partial charge in [0.25, 0.3) is 0 Å². The molecule has 1 N–H and O–H groups in total. The number of carbonyl (C=O) groups is 2. The maximum Gasteiger partial charge on any atom is 0.241 e. The van der Waals surface area contributed by atoms with Gasteiger partial charge in [-0.1, -0.05) is 0 Å². The second-order valence-electron chi connectivity index (χ2n) is 5.81. The van der Waals surface area contributed by atoms with Crippen molar-refractivity contribution in [2.75, 3.05) is 19.4 Å². The lowest BCUT2D eigenvalue weighted by Crippen LogP contribution is -2.37. The Morgan fingerprint density at radius 1 is 1.36 bits per heavy atom. The zero-order valence-corrected chi connectivity index (χ0v) is 12.5. The lowest BCUT2D eigenvalue weighted by molar-refractivity contribution is -0.120. The summed E-state index contributed by atoms with van der Waals surface area (Å²) in [4.78, 5) is 24.3. The molecule has 0 aliphatic heterocycles. The van der Waals surface area contributed by atoms with Gasteiger partial charge in [-0.15, -0.1) is 0 Å². The van der Waals surface area contributed by atoms with Gasteiger partial charge in [0.05, 0.1) is 11.7 Å². The molecule has 1 aliphatic rings. The first kappa shape index (κ1) is 16.5. The molecule has 1 aliphatic carbocycles. The van der Waals surface area contributed by atoms with Crippen LogP contribution in [0, 0.1) is 11.6 Å². The highest BCUT2D eigenvalue weighted by Gasteiger charge is 2.41. The summed E-state index contributed by atoms with van der Waals surface area (Å²) >= 11 is 0. The third-order valence-electron chi connectivity index (χ3n) is 3.99. The Hall–Kier alpha value is -1.89. The molecule has 2 atom stereocenters. The molecule has 2 rings (SSSR count). The Morgan fingerprint density at radius 2 is 1.95 bits per heavy atom. The third kappa shape index (κ3) is 2.85. The summed E-state index contributed by atoms with van der Waals surface area (Å²) in [5, 5.41) is 2.30. The van der Waals surface area contributed by atoms with Gasteiger partial charge in [0.2, 0.25) is 5.91 Å². The van der Waals surface area contributed by atoms with Crippen molar-refractivity contribution in [1.82, 2.24) is 4.90 Å². The van der Waals surface area contributed by atoms with Crippen LogP contribution < -0.4 is 5.32 Å². The third-order valence-corrected chi connectivity index (χ3v) is 3.99. The standard InChI is InChI=1S/C15H17F3N2O2/c1-8(20(2)3)14(22)19-12-4-11(16)9-5-15(18,7-21)6-10(9)13(12)17/h4,7-8H,5-6H2,1-3H3,(H,19,22)/t8-,15?/m1/s1. The summed E-state index contributed by atoms with van der Waals surface area (Å²) in [5.41, 5.74) is -2.97. The molecule has 0 bridgehead atoms. The van der Waals surface area contributed by atoms with Gasteiger partial charge >= 0.3 is 0 Å². The van der Waals surface area contributed by atoms with Crippen molar-refractivity contribution >= 4 is 17.9 Å². The van der Waals surface area contributed by atoms with E-state index in [2.05, 4.69) is 5.32 Å². The molecule has 0 saturated carbocycles. The first-order valence-electron chi connectivity index (χ1n) is 6.81. The zero-order chi connectivity index (χ0) is 16.7. The lowest BCUT2D eigenvalue weighted by atomic mass is 10.1. The smallest absolute Gasteiger partial charge is 0.241 e. The van der Waals surface area contributed by atoms with E-state index in [1.807, 2.05) is 0 Å². The fourth-order valence-electron chi connectivity index (χ4n) is 2.39. The topological polar surface area (TPSA) is 49.4 Å². The minimum Gasteiger partial charge on any atom is -0.322 e. The van der Waals surface area contributed by atoms with Crippen LogP contribution in [-0.4, -0.2) is 42.9 Å². The molecule has 0 fully saturated rings. The number of nitrogens with zero attached hydrogens (tertiary/aromatic N) is 1. The van der Waals surface area contributed by atoms with Gasteiger partial charge in [-0.3, -0.25) is 14.5 Å². The number of benzene rings is 1. The van der Waals surface area contributed by atoms with Gasteiger partial charge in [0, 0.05) is 18.9 Å². The Balaban J connectivity index is 2.34. The van der Waals surface area contributed by atoms with Crippen LogP contribution in [0.5, 0.6) is 0 Å². The van der Waals surface area contributed by atoms with Crippen LogP contribution in [0.3, 0.4) is 0 Å². The molecule has 120 valence electrons. The van der Waals surface area contributed by atoms with Crippen LogP contribution >= 0.6 is 0 Å². The minimum atomic E-state index is -2.29. The predicted molar refractivity (Wildman–Crippen MR) is 75.4 cm³/mol. The first-order chi connectivity index (χ1) is 10.2. The number of amides is 1. The molecule has 1 unspecified atom stereocenters. The van der Waals surface area contributed by atoms with Crippen LogP contribution in [0.1, 0.15) is 18.1 Å². The molecule has 1 aromatic carbocycles. The van der Waals surface area contributed by atoms with E-state index in [0.717, 1.165) is 6.07 Å². The maximum atomic E-state index is 14.4. The van der Waals surface area contributed by atoms with Crippen LogP contribution in [0.25, 0.3) is 0 Å². The highest BCUT2D eigenvalue weighted by Crippen LogP contribution is 2.37. The van der Waals surface area contributed by atoms with E-state index >= 15 is 0 Å². The second kappa shape index (κ2) is 5.72. The first-order valence-corrected chi connectivity index (χ1v) is 6.81. The van der Waals surface area contributed by atoms with Crippen molar-refractivity contribution < 1.29 is 22.8 Å². The number of nitrogens with one attached hydrogen (secondary N) is 1. The van der Waals surface area contributed by atoms with Gasteiger partial charge < -0.3 is 5.32 Å². The van der Waals surface area contributed by atoms with Crippen molar-refractivity contribution in [3.05, 3.63) is 28.8 Å². The van der Waals surface area contributed by atoms with E-state index in [-0.39, 0.29) is 23.1 Å². The lowest BCUT2D eigenvalue weighted by Gasteiger charge is -2.19. The number of hydrogen-bond acceptors (Lipinski definition) is 3. The van der Waals surface area contributed by atoms with E-state index < -0.39 is 42.1 Å². The number of rotatable bonds is 4. The van der Waals surface area contributed by atoms with E-state index in [4.69, 9.17) is 0 Å². The molecule has 0 spiro atoms. The SMILES string of the molecule is C[C@H](C(=O)Nc1cc(F)c2c(c1F)CC(F)(C=O)C2)N(C)C. The van der Waals surface area contributed by atoms with E-state index in [1.54, 1.807) is 25.9 Å². The van der Waals surface area contributed by atoms with Crippen LogP contribution in [0.2, 0.25) is 0 Å². The molecular formula is C15H17F3N2O2. The molecule has 22 heavy (non-hydrogen) atoms. The average Bonchev–Trinajstić information content (AvgIpc) is 2.83. The van der Waals surface area contributed by atoms with Gasteiger partial charge in [-0.05, 0) is 32.1 Å². The summed E-state index contributed by atoms with van der Waals surface area (Å²) in [6, 6.07) is 0.274. The summed E-state index contributed by atoms with van der Waals surface area (Å²) in [7, 11) is 3.34. The highest BCUT2D eigenvalue weighted by molar-refractivity contribution is 5.94. The summed E-state index contributed by atoms with van der Waals surface area (Å²) in [6.45, 7) is 1.61. The van der Waals surface area contributed by atoms with Crippen LogP contribution in [0.15, 0.2) is 6.07 Å². The number of anilines is 1. The predicted octanol–water partition coefficient (Wildman–Crippen LogP) is 1.86. The Bertz CT molecular complexity index is 634. The number of carbonyl (C=O) groups excluding carboxylic acids is 2. The fourth-order valence-corrected chi connectivity index (χ4v) is 2.39. The molecule has 0 saturated heterocycles. The second-order valence-corrected chi connectivity index (χ2v) is 5.81. The molecule has 4 nitrogen and oxygen atoms in total. The van der Waals surface area contributed by atoms with Crippen LogP contribution in [0.4, 0.5) is 18.9 Å². The summed E-state index contributed by atoms with van der Waals surface area (Å²) in [5.74, 6) is -2.23. The van der Waals surface area contributed by atoms with Crippen molar-refractivity contribution in [3.8, 4) is 0 Å². The van der Waals surface area contributed by atoms with E-state index in [0.29, 0.717) is 0 Å². The van der Waals surface area contributed by atoms with Crippen molar-refractivity contribution in [2.24, 2.45) is 0 Å². The fraction of sp³-hybridized carbons (Fsp3) is 0.467. The molecule has 1 amide bonds. The Labute approximate surface area is 126 Å². The molecular weight excluding hydrogens is 297 g/mol. The quantitative estimate of drug-likeness (QED) is 0.863. The molecule has 7 heteroatoms. The molecule has 0 aromatic heterocycles. The number of aldehydes is 1. The van der Waals surface area contributed by atoms with Gasteiger partial charge in [0.1, 0.15) is 5.82 Å². The molecule has 1 aromatic rings. The normalized spacial score (nSPS) is 21.6. The highest BCUT2D eigenvalue weighted by atomic mass is 19.1. The monoisotopic (exact) mass is 314 g/mol. The minimum absolute atomic E-state index is 0.0677. The van der Waals surface area contributed by atoms with E-state index in [1.165, 1.54) is 0 Å². The van der Waals surface area contributed by atoms with Crippen molar-refractivity contribution in [1.29, 1.82) is 0 Å². The van der Waals surface area contributed by atoms with Crippen molar-refractivity contribution in [3.63, 3.8) is 0 Å². The van der Waals surface area contributed by atoms with Gasteiger partial charge in [-0.2, -0.15) is 0 Å². The number of fused-ring (bicyclic) bond motifs is 1.